The summed E-state index contributed by atoms with van der Waals surface area (Å²) < 4.78 is 0.174. The van der Waals surface area contributed by atoms with Crippen molar-refractivity contribution in [3.8, 4) is 0 Å². The second-order valence-corrected chi connectivity index (χ2v) is 6.11. The number of hydrogen-bond acceptors (Lipinski definition) is 4. The maximum Gasteiger partial charge on any atom is 0.335 e. The van der Waals surface area contributed by atoms with Gasteiger partial charge in [-0.1, -0.05) is 20.8 Å². The molecule has 1 aromatic rings. The topological polar surface area (TPSA) is 62.2 Å². The van der Waals surface area contributed by atoms with Crippen LogP contribution >= 0.6 is 11.8 Å². The number of carbonyl (C=O) groups is 1. The van der Waals surface area contributed by atoms with Crippen molar-refractivity contribution < 1.29 is 9.90 Å². The van der Waals surface area contributed by atoms with E-state index >= 15 is 0 Å². The summed E-state index contributed by atoms with van der Waals surface area (Å²) in [6.07, 6.45) is 4.98. The summed E-state index contributed by atoms with van der Waals surface area (Å²) >= 11 is 1.85. The molecule has 1 rings (SSSR count). The van der Waals surface area contributed by atoms with Gasteiger partial charge in [0, 0.05) is 17.0 Å². The quantitative estimate of drug-likeness (QED) is 0.766. The molecule has 0 radical (unpaired) electrons. The maximum absolute atomic E-state index is 11.1. The van der Waals surface area contributed by atoms with Crippen LogP contribution in [0, 0.1) is 0 Å². The van der Waals surface area contributed by atoms with Crippen molar-refractivity contribution in [2.24, 2.45) is 0 Å². The van der Waals surface area contributed by atoms with Crippen molar-refractivity contribution >= 4 is 23.5 Å². The number of anilines is 1. The van der Waals surface area contributed by atoms with Crippen LogP contribution in [0.15, 0.2) is 12.1 Å². The normalized spacial score (nSPS) is 11.4. The van der Waals surface area contributed by atoms with Crippen LogP contribution in [0.25, 0.3) is 0 Å². The number of aryl methyl sites for hydroxylation is 1. The predicted octanol–water partition coefficient (Wildman–Crippen LogP) is 3.68. The van der Waals surface area contributed by atoms with Gasteiger partial charge in [-0.2, -0.15) is 11.8 Å². The van der Waals surface area contributed by atoms with Gasteiger partial charge in [0.1, 0.15) is 5.82 Å². The monoisotopic (exact) mass is 296 g/mol. The first-order chi connectivity index (χ1) is 9.50. The zero-order chi connectivity index (χ0) is 15.2. The number of aromatic nitrogens is 1. The maximum atomic E-state index is 11.1. The van der Waals surface area contributed by atoms with E-state index in [1.165, 1.54) is 0 Å². The molecule has 2 N–H and O–H groups in total. The van der Waals surface area contributed by atoms with Crippen molar-refractivity contribution in [2.45, 2.75) is 44.8 Å². The van der Waals surface area contributed by atoms with Gasteiger partial charge >= 0.3 is 5.97 Å². The van der Waals surface area contributed by atoms with Crippen molar-refractivity contribution in [1.82, 2.24) is 4.98 Å². The fourth-order valence-electron chi connectivity index (χ4n) is 2.10. The molecular weight excluding hydrogens is 272 g/mol. The molecule has 5 heteroatoms. The number of rotatable bonds is 8. The first kappa shape index (κ1) is 16.8. The van der Waals surface area contributed by atoms with Crippen LogP contribution in [-0.4, -0.2) is 33.6 Å². The number of hydrogen-bond donors (Lipinski definition) is 2. The van der Waals surface area contributed by atoms with E-state index in [-0.39, 0.29) is 4.75 Å². The number of thioether (sulfide) groups is 1. The first-order valence-corrected chi connectivity index (χ1v) is 8.26. The fraction of sp³-hybridized carbons (Fsp3) is 0.600. The Bertz CT molecular complexity index is 451. The smallest absolute Gasteiger partial charge is 0.335 e. The molecular formula is C15H24N2O2S. The van der Waals surface area contributed by atoms with Gasteiger partial charge in [-0.15, -0.1) is 0 Å². The lowest BCUT2D eigenvalue weighted by Gasteiger charge is -2.30. The Morgan fingerprint density at radius 3 is 2.45 bits per heavy atom. The molecule has 1 heterocycles. The SMILES string of the molecule is CCc1cc(C(=O)O)cc(NCC(CC)(CC)SC)n1. The molecule has 0 aliphatic heterocycles. The molecule has 0 bridgehead atoms. The molecule has 0 atom stereocenters. The lowest BCUT2D eigenvalue weighted by atomic mass is 10.0. The number of carboxylic acid groups (broad SMARTS) is 1. The molecule has 0 spiro atoms. The highest BCUT2D eigenvalue weighted by Gasteiger charge is 2.24. The van der Waals surface area contributed by atoms with Crippen LogP contribution in [0.4, 0.5) is 5.82 Å². The van der Waals surface area contributed by atoms with E-state index in [4.69, 9.17) is 5.11 Å². The Kier molecular flexibility index (Phi) is 6.33. The molecule has 0 amide bonds. The van der Waals surface area contributed by atoms with E-state index in [0.717, 1.165) is 31.5 Å². The first-order valence-electron chi connectivity index (χ1n) is 7.03. The molecule has 0 aromatic carbocycles. The van der Waals surface area contributed by atoms with E-state index in [2.05, 4.69) is 30.4 Å². The third-order valence-corrected chi connectivity index (χ3v) is 5.39. The van der Waals surface area contributed by atoms with Crippen molar-refractivity contribution in [3.05, 3.63) is 23.4 Å². The van der Waals surface area contributed by atoms with Crippen LogP contribution in [-0.2, 0) is 6.42 Å². The van der Waals surface area contributed by atoms with E-state index in [0.29, 0.717) is 11.4 Å². The molecule has 0 saturated carbocycles. The number of carboxylic acids is 1. The second kappa shape index (κ2) is 7.53. The van der Waals surface area contributed by atoms with Gasteiger partial charge in [0.25, 0.3) is 0 Å². The number of pyridine rings is 1. The van der Waals surface area contributed by atoms with Gasteiger partial charge in [-0.3, -0.25) is 0 Å². The van der Waals surface area contributed by atoms with Crippen LogP contribution in [0.3, 0.4) is 0 Å². The lowest BCUT2D eigenvalue weighted by Crippen LogP contribution is -2.32. The zero-order valence-electron chi connectivity index (χ0n) is 12.7. The lowest BCUT2D eigenvalue weighted by molar-refractivity contribution is 0.0696. The standard InChI is InChI=1S/C15H24N2O2S/c1-5-12-8-11(14(18)19)9-13(17-12)16-10-15(6-2,7-3)20-4/h8-9H,5-7,10H2,1-4H3,(H,16,17)(H,18,19). The van der Waals surface area contributed by atoms with E-state index in [1.54, 1.807) is 12.1 Å². The molecule has 20 heavy (non-hydrogen) atoms. The van der Waals surface area contributed by atoms with Gasteiger partial charge in [0.15, 0.2) is 0 Å². The zero-order valence-corrected chi connectivity index (χ0v) is 13.5. The van der Waals surface area contributed by atoms with Gasteiger partial charge in [0.05, 0.1) is 5.56 Å². The molecule has 1 aromatic heterocycles. The van der Waals surface area contributed by atoms with Crippen molar-refractivity contribution in [2.75, 3.05) is 18.1 Å². The van der Waals surface area contributed by atoms with E-state index in [9.17, 15) is 4.79 Å². The summed E-state index contributed by atoms with van der Waals surface area (Å²) in [7, 11) is 0. The summed E-state index contributed by atoms with van der Waals surface area (Å²) in [5, 5.41) is 12.4. The minimum Gasteiger partial charge on any atom is -0.478 e. The summed E-state index contributed by atoms with van der Waals surface area (Å²) in [5.41, 5.74) is 1.09. The van der Waals surface area contributed by atoms with Crippen molar-refractivity contribution in [1.29, 1.82) is 0 Å². The molecule has 0 saturated heterocycles. The van der Waals surface area contributed by atoms with Crippen molar-refractivity contribution in [3.63, 3.8) is 0 Å². The van der Waals surface area contributed by atoms with Crippen LogP contribution < -0.4 is 5.32 Å². The summed E-state index contributed by atoms with van der Waals surface area (Å²) in [4.78, 5) is 15.6. The summed E-state index contributed by atoms with van der Waals surface area (Å²) in [6, 6.07) is 3.24. The Labute approximate surface area is 125 Å². The van der Waals surface area contributed by atoms with Gasteiger partial charge in [-0.25, -0.2) is 9.78 Å². The average molecular weight is 296 g/mol. The largest absolute Gasteiger partial charge is 0.478 e. The van der Waals surface area contributed by atoms with Crippen LogP contribution in [0.5, 0.6) is 0 Å². The Morgan fingerprint density at radius 1 is 1.35 bits per heavy atom. The minimum atomic E-state index is -0.910. The number of nitrogens with one attached hydrogen (secondary N) is 1. The Hall–Kier alpha value is -1.23. The predicted molar refractivity (Wildman–Crippen MR) is 85.9 cm³/mol. The third-order valence-electron chi connectivity index (χ3n) is 3.80. The molecule has 0 aliphatic carbocycles. The second-order valence-electron chi connectivity index (χ2n) is 4.84. The molecule has 4 nitrogen and oxygen atoms in total. The number of aromatic carboxylic acids is 1. The third kappa shape index (κ3) is 4.13. The number of nitrogens with zero attached hydrogens (tertiary/aromatic N) is 1. The van der Waals surface area contributed by atoms with Gasteiger partial charge < -0.3 is 10.4 Å². The Morgan fingerprint density at radius 2 is 2.00 bits per heavy atom. The highest BCUT2D eigenvalue weighted by Crippen LogP contribution is 2.30. The van der Waals surface area contributed by atoms with E-state index in [1.807, 2.05) is 18.7 Å². The van der Waals surface area contributed by atoms with Gasteiger partial charge in [-0.05, 0) is 37.7 Å². The van der Waals surface area contributed by atoms with Crippen LogP contribution in [0.1, 0.15) is 49.7 Å². The molecule has 0 unspecified atom stereocenters. The fourth-order valence-corrected chi connectivity index (χ4v) is 2.89. The molecule has 0 aliphatic rings. The highest BCUT2D eigenvalue weighted by molar-refractivity contribution is 8.00. The average Bonchev–Trinajstić information content (AvgIpc) is 2.48. The summed E-state index contributed by atoms with van der Waals surface area (Å²) in [6.45, 7) is 7.13. The highest BCUT2D eigenvalue weighted by atomic mass is 32.2. The molecule has 112 valence electrons. The van der Waals surface area contributed by atoms with Gasteiger partial charge in [0.2, 0.25) is 0 Å². The minimum absolute atomic E-state index is 0.174. The Balaban J connectivity index is 2.91. The van der Waals surface area contributed by atoms with E-state index < -0.39 is 5.97 Å². The van der Waals surface area contributed by atoms with Crippen LogP contribution in [0.2, 0.25) is 0 Å². The molecule has 0 fully saturated rings. The summed E-state index contributed by atoms with van der Waals surface area (Å²) in [5.74, 6) is -0.255.